The van der Waals surface area contributed by atoms with Gasteiger partial charge in [0, 0.05) is 10.0 Å². The number of benzene rings is 1. The van der Waals surface area contributed by atoms with Gasteiger partial charge in [0.05, 0.1) is 7.11 Å². The Kier molecular flexibility index (Phi) is 3.01. The molecule has 0 saturated heterocycles. The second-order valence-electron chi connectivity index (χ2n) is 5.00. The van der Waals surface area contributed by atoms with Crippen molar-refractivity contribution < 1.29 is 4.74 Å². The largest absolute Gasteiger partial charge is 0.496 e. The molecule has 1 aliphatic rings. The third-order valence-corrected chi connectivity index (χ3v) is 4.54. The van der Waals surface area contributed by atoms with E-state index in [1.54, 1.807) is 7.11 Å². The molecular weight excluding hydrogens is 266 g/mol. The highest BCUT2D eigenvalue weighted by Gasteiger charge is 2.58. The number of hydrogen-bond donors (Lipinski definition) is 1. The third kappa shape index (κ3) is 1.66. The Bertz CT molecular complexity index is 403. The molecule has 0 radical (unpaired) electrons. The molecule has 3 heteroatoms. The summed E-state index contributed by atoms with van der Waals surface area (Å²) in [6.07, 6.45) is 0. The smallest absolute Gasteiger partial charge is 0.123 e. The van der Waals surface area contributed by atoms with Crippen molar-refractivity contribution in [3.63, 3.8) is 0 Å². The van der Waals surface area contributed by atoms with Crippen molar-refractivity contribution in [2.24, 2.45) is 17.1 Å². The van der Waals surface area contributed by atoms with Crippen LogP contribution >= 0.6 is 15.9 Å². The summed E-state index contributed by atoms with van der Waals surface area (Å²) in [5.74, 6) is 2.02. The molecule has 0 unspecified atom stereocenters. The summed E-state index contributed by atoms with van der Waals surface area (Å²) < 4.78 is 6.57. The minimum Gasteiger partial charge on any atom is -0.496 e. The van der Waals surface area contributed by atoms with Gasteiger partial charge in [-0.1, -0.05) is 35.8 Å². The normalized spacial score (nSPS) is 26.6. The van der Waals surface area contributed by atoms with E-state index in [0.29, 0.717) is 11.8 Å². The number of hydrogen-bond acceptors (Lipinski definition) is 2. The van der Waals surface area contributed by atoms with Gasteiger partial charge < -0.3 is 10.5 Å². The second-order valence-corrected chi connectivity index (χ2v) is 5.85. The Morgan fingerprint density at radius 2 is 2.12 bits per heavy atom. The van der Waals surface area contributed by atoms with Crippen molar-refractivity contribution in [2.75, 3.05) is 13.7 Å². The van der Waals surface area contributed by atoms with Crippen LogP contribution in [-0.2, 0) is 0 Å². The number of ether oxygens (including phenoxy) is 1. The van der Waals surface area contributed by atoms with Crippen LogP contribution < -0.4 is 10.5 Å². The first kappa shape index (κ1) is 11.9. The molecule has 0 spiro atoms. The van der Waals surface area contributed by atoms with E-state index in [0.717, 1.165) is 16.8 Å². The van der Waals surface area contributed by atoms with Gasteiger partial charge in [0.25, 0.3) is 0 Å². The highest BCUT2D eigenvalue weighted by Crippen LogP contribution is 2.66. The molecule has 2 N–H and O–H groups in total. The Morgan fingerprint density at radius 1 is 1.44 bits per heavy atom. The van der Waals surface area contributed by atoms with Crippen LogP contribution in [0.15, 0.2) is 22.7 Å². The standard InChI is InChI=1S/C13H18BrNO/c1-13(2)8(7-15)12(13)11-9(14)5-4-6-10(11)16-3/h4-6,8,12H,7,15H2,1-3H3/t8-,12+/m1/s1. The molecule has 0 bridgehead atoms. The Morgan fingerprint density at radius 3 is 2.62 bits per heavy atom. The summed E-state index contributed by atoms with van der Waals surface area (Å²) in [7, 11) is 1.72. The van der Waals surface area contributed by atoms with Gasteiger partial charge >= 0.3 is 0 Å². The molecule has 1 aliphatic carbocycles. The van der Waals surface area contributed by atoms with Crippen LogP contribution in [0.25, 0.3) is 0 Å². The van der Waals surface area contributed by atoms with Crippen molar-refractivity contribution in [3.05, 3.63) is 28.2 Å². The van der Waals surface area contributed by atoms with Crippen LogP contribution in [0.2, 0.25) is 0 Å². The molecule has 0 aromatic heterocycles. The molecule has 1 aromatic carbocycles. The lowest BCUT2D eigenvalue weighted by molar-refractivity contribution is 0.407. The summed E-state index contributed by atoms with van der Waals surface area (Å²) in [5.41, 5.74) is 7.38. The summed E-state index contributed by atoms with van der Waals surface area (Å²) in [5, 5.41) is 0. The first-order valence-electron chi connectivity index (χ1n) is 5.56. The first-order chi connectivity index (χ1) is 7.54. The molecule has 1 saturated carbocycles. The topological polar surface area (TPSA) is 35.2 Å². The molecule has 0 heterocycles. The van der Waals surface area contributed by atoms with E-state index in [1.807, 2.05) is 12.1 Å². The fourth-order valence-corrected chi connectivity index (χ4v) is 3.35. The highest BCUT2D eigenvalue weighted by molar-refractivity contribution is 9.10. The summed E-state index contributed by atoms with van der Waals surface area (Å²) in [4.78, 5) is 0. The molecule has 1 aromatic rings. The number of nitrogens with two attached hydrogens (primary N) is 1. The van der Waals surface area contributed by atoms with E-state index >= 15 is 0 Å². The lowest BCUT2D eigenvalue weighted by Gasteiger charge is -2.11. The zero-order valence-corrected chi connectivity index (χ0v) is 11.5. The van der Waals surface area contributed by atoms with Crippen LogP contribution in [0, 0.1) is 11.3 Å². The number of rotatable bonds is 3. The first-order valence-corrected chi connectivity index (χ1v) is 6.35. The van der Waals surface area contributed by atoms with Crippen LogP contribution in [0.4, 0.5) is 0 Å². The van der Waals surface area contributed by atoms with Crippen LogP contribution in [0.1, 0.15) is 25.3 Å². The predicted octanol–water partition coefficient (Wildman–Crippen LogP) is 3.16. The molecule has 2 atom stereocenters. The molecule has 0 amide bonds. The molecule has 1 fully saturated rings. The van der Waals surface area contributed by atoms with Crippen molar-refractivity contribution in [3.8, 4) is 5.75 Å². The average Bonchev–Trinajstić information content (AvgIpc) is 2.79. The molecule has 0 aliphatic heterocycles. The van der Waals surface area contributed by atoms with Crippen molar-refractivity contribution in [1.82, 2.24) is 0 Å². The third-order valence-electron chi connectivity index (χ3n) is 3.85. The van der Waals surface area contributed by atoms with Gasteiger partial charge in [-0.25, -0.2) is 0 Å². The Labute approximate surface area is 105 Å². The van der Waals surface area contributed by atoms with Crippen molar-refractivity contribution in [2.45, 2.75) is 19.8 Å². The number of methoxy groups -OCH3 is 1. The monoisotopic (exact) mass is 283 g/mol. The van der Waals surface area contributed by atoms with Gasteiger partial charge in [0.15, 0.2) is 0 Å². The van der Waals surface area contributed by atoms with Gasteiger partial charge in [0.1, 0.15) is 5.75 Å². The summed E-state index contributed by atoms with van der Waals surface area (Å²) in [6.45, 7) is 5.28. The van der Waals surface area contributed by atoms with Crippen LogP contribution in [0.5, 0.6) is 5.75 Å². The van der Waals surface area contributed by atoms with Crippen LogP contribution in [0.3, 0.4) is 0 Å². The maximum Gasteiger partial charge on any atom is 0.123 e. The van der Waals surface area contributed by atoms with Crippen molar-refractivity contribution >= 4 is 15.9 Å². The van der Waals surface area contributed by atoms with Gasteiger partial charge in [0.2, 0.25) is 0 Å². The highest BCUT2D eigenvalue weighted by atomic mass is 79.9. The van der Waals surface area contributed by atoms with E-state index < -0.39 is 0 Å². The summed E-state index contributed by atoms with van der Waals surface area (Å²) in [6, 6.07) is 6.08. The van der Waals surface area contributed by atoms with E-state index in [1.165, 1.54) is 5.56 Å². The van der Waals surface area contributed by atoms with E-state index in [-0.39, 0.29) is 5.41 Å². The van der Waals surface area contributed by atoms with Crippen LogP contribution in [-0.4, -0.2) is 13.7 Å². The fourth-order valence-electron chi connectivity index (χ4n) is 2.75. The zero-order valence-electron chi connectivity index (χ0n) is 9.96. The molecule has 2 nitrogen and oxygen atoms in total. The summed E-state index contributed by atoms with van der Waals surface area (Å²) >= 11 is 3.62. The van der Waals surface area contributed by atoms with Gasteiger partial charge in [-0.2, -0.15) is 0 Å². The minimum absolute atomic E-state index is 0.284. The lowest BCUT2D eigenvalue weighted by Crippen LogP contribution is -2.05. The van der Waals surface area contributed by atoms with E-state index in [9.17, 15) is 0 Å². The number of halogens is 1. The Hall–Kier alpha value is -0.540. The SMILES string of the molecule is COc1cccc(Br)c1[C@@H]1[C@@H](CN)C1(C)C. The van der Waals surface area contributed by atoms with E-state index in [2.05, 4.69) is 35.8 Å². The molecular formula is C13H18BrNO. The average molecular weight is 284 g/mol. The molecule has 16 heavy (non-hydrogen) atoms. The predicted molar refractivity (Wildman–Crippen MR) is 69.8 cm³/mol. The fraction of sp³-hybridized carbons (Fsp3) is 0.538. The maximum atomic E-state index is 5.82. The van der Waals surface area contributed by atoms with Gasteiger partial charge in [-0.3, -0.25) is 0 Å². The molecule has 2 rings (SSSR count). The van der Waals surface area contributed by atoms with Gasteiger partial charge in [-0.05, 0) is 35.9 Å². The van der Waals surface area contributed by atoms with Gasteiger partial charge in [-0.15, -0.1) is 0 Å². The molecule has 88 valence electrons. The maximum absolute atomic E-state index is 5.82. The quantitative estimate of drug-likeness (QED) is 0.925. The minimum atomic E-state index is 0.284. The lowest BCUT2D eigenvalue weighted by atomic mass is 10.0. The zero-order chi connectivity index (χ0) is 11.9. The Balaban J connectivity index is 2.42. The second kappa shape index (κ2) is 4.04. The van der Waals surface area contributed by atoms with Crippen molar-refractivity contribution in [1.29, 1.82) is 0 Å². The van der Waals surface area contributed by atoms with E-state index in [4.69, 9.17) is 10.5 Å².